The summed E-state index contributed by atoms with van der Waals surface area (Å²) < 4.78 is 12.4. The zero-order valence-corrected chi connectivity index (χ0v) is 17.3. The van der Waals surface area contributed by atoms with Gasteiger partial charge in [-0.05, 0) is 68.7 Å². The van der Waals surface area contributed by atoms with Crippen molar-refractivity contribution in [2.24, 2.45) is 5.92 Å². The van der Waals surface area contributed by atoms with Crippen molar-refractivity contribution in [3.05, 3.63) is 51.9 Å². The van der Waals surface area contributed by atoms with E-state index in [4.69, 9.17) is 9.26 Å². The highest BCUT2D eigenvalue weighted by Crippen LogP contribution is 2.55. The van der Waals surface area contributed by atoms with Crippen LogP contribution < -0.4 is 5.76 Å². The summed E-state index contributed by atoms with van der Waals surface area (Å²) in [7, 11) is 0. The van der Waals surface area contributed by atoms with E-state index < -0.39 is 17.3 Å². The third-order valence-electron chi connectivity index (χ3n) is 6.74. The number of rotatable bonds is 4. The van der Waals surface area contributed by atoms with Gasteiger partial charge in [0, 0.05) is 17.5 Å². The van der Waals surface area contributed by atoms with Gasteiger partial charge in [-0.2, -0.15) is 0 Å². The Hall–Kier alpha value is -2.87. The molecule has 158 valence electrons. The van der Waals surface area contributed by atoms with Gasteiger partial charge in [0.1, 0.15) is 11.2 Å². The zero-order valence-electron chi connectivity index (χ0n) is 17.3. The number of nitrogens with one attached hydrogen (secondary N) is 1. The van der Waals surface area contributed by atoms with Crippen LogP contribution in [0.5, 0.6) is 0 Å². The molecule has 8 heteroatoms. The topological polar surface area (TPSA) is 110 Å². The number of ether oxygens (including phenoxy) is 1. The van der Waals surface area contributed by atoms with E-state index in [1.807, 2.05) is 13.0 Å². The van der Waals surface area contributed by atoms with E-state index >= 15 is 0 Å². The van der Waals surface area contributed by atoms with Crippen molar-refractivity contribution in [1.82, 2.24) is 14.7 Å². The molecule has 1 aliphatic carbocycles. The van der Waals surface area contributed by atoms with E-state index in [1.54, 1.807) is 10.6 Å². The maximum Gasteiger partial charge on any atom is 0.438 e. The van der Waals surface area contributed by atoms with Crippen molar-refractivity contribution in [2.75, 3.05) is 6.61 Å². The van der Waals surface area contributed by atoms with Gasteiger partial charge in [-0.15, -0.1) is 0 Å². The van der Waals surface area contributed by atoms with Crippen molar-refractivity contribution >= 4 is 16.9 Å². The highest BCUT2D eigenvalue weighted by atomic mass is 16.5. The SMILES string of the molecule is C[C@@H]1C[C@]1(c1noc(=O)[nH]1)n1c(C(=O)O)cc2cc([C@H]3CCOC(C)(C)C3)ccc21. The van der Waals surface area contributed by atoms with Crippen molar-refractivity contribution in [3.8, 4) is 0 Å². The Morgan fingerprint density at radius 1 is 1.30 bits per heavy atom. The van der Waals surface area contributed by atoms with Gasteiger partial charge in [-0.1, -0.05) is 18.1 Å². The molecule has 3 aromatic rings. The predicted molar refractivity (Wildman–Crippen MR) is 109 cm³/mol. The molecular weight excluding hydrogens is 386 g/mol. The van der Waals surface area contributed by atoms with Crippen LogP contribution in [-0.4, -0.2) is 38.0 Å². The van der Waals surface area contributed by atoms with Crippen molar-refractivity contribution in [1.29, 1.82) is 0 Å². The monoisotopic (exact) mass is 411 g/mol. The molecule has 2 N–H and O–H groups in total. The number of hydrogen-bond acceptors (Lipinski definition) is 5. The Morgan fingerprint density at radius 2 is 2.07 bits per heavy atom. The molecule has 1 aromatic carbocycles. The highest BCUT2D eigenvalue weighted by Gasteiger charge is 2.59. The number of benzene rings is 1. The van der Waals surface area contributed by atoms with Gasteiger partial charge in [0.2, 0.25) is 0 Å². The molecule has 1 aliphatic heterocycles. The normalized spacial score (nSPS) is 28.0. The summed E-state index contributed by atoms with van der Waals surface area (Å²) in [5.41, 5.74) is 1.31. The van der Waals surface area contributed by atoms with Crippen LogP contribution in [-0.2, 0) is 10.3 Å². The molecule has 0 radical (unpaired) electrons. The first-order valence-electron chi connectivity index (χ1n) is 10.3. The lowest BCUT2D eigenvalue weighted by molar-refractivity contribution is -0.0592. The summed E-state index contributed by atoms with van der Waals surface area (Å²) in [6.07, 6.45) is 2.55. The molecule has 8 nitrogen and oxygen atoms in total. The van der Waals surface area contributed by atoms with E-state index in [1.165, 1.54) is 5.56 Å². The van der Waals surface area contributed by atoms with Gasteiger partial charge in [0.05, 0.1) is 5.60 Å². The first-order valence-corrected chi connectivity index (χ1v) is 10.3. The molecule has 0 amide bonds. The summed E-state index contributed by atoms with van der Waals surface area (Å²) in [6, 6.07) is 7.89. The van der Waals surface area contributed by atoms with Gasteiger partial charge < -0.3 is 14.4 Å². The number of fused-ring (bicyclic) bond motifs is 1. The average Bonchev–Trinajstić information content (AvgIpc) is 3.03. The van der Waals surface area contributed by atoms with Crippen LogP contribution in [0.25, 0.3) is 10.9 Å². The lowest BCUT2D eigenvalue weighted by Gasteiger charge is -2.35. The molecule has 5 rings (SSSR count). The molecule has 0 unspecified atom stereocenters. The molecular formula is C22H25N3O5. The fraction of sp³-hybridized carbons (Fsp3) is 0.500. The summed E-state index contributed by atoms with van der Waals surface area (Å²) in [6.45, 7) is 6.95. The Morgan fingerprint density at radius 3 is 2.67 bits per heavy atom. The van der Waals surface area contributed by atoms with E-state index in [0.29, 0.717) is 18.2 Å². The standard InChI is InChI=1S/C22H25N3O5/c1-12-10-22(12,19-23-20(28)30-24-19)25-16-5-4-13(8-15(16)9-17(25)18(26)27)14-6-7-29-21(2,3)11-14/h4-5,8-9,12,14H,6-7,10-11H2,1-3H3,(H,26,27)(H,23,24,28)/t12-,14+,22+/m1/s1. The first-order chi connectivity index (χ1) is 14.2. The van der Waals surface area contributed by atoms with Crippen molar-refractivity contribution in [2.45, 2.75) is 57.1 Å². The van der Waals surface area contributed by atoms with Crippen LogP contribution >= 0.6 is 0 Å². The molecule has 2 fully saturated rings. The molecule has 2 aliphatic rings. The largest absolute Gasteiger partial charge is 0.477 e. The van der Waals surface area contributed by atoms with Gasteiger partial charge >= 0.3 is 11.7 Å². The molecule has 0 spiro atoms. The second-order valence-corrected chi connectivity index (χ2v) is 9.26. The Labute approximate surface area is 172 Å². The van der Waals surface area contributed by atoms with Crippen LogP contribution in [0.3, 0.4) is 0 Å². The van der Waals surface area contributed by atoms with Gasteiger partial charge in [0.25, 0.3) is 0 Å². The lowest BCUT2D eigenvalue weighted by Crippen LogP contribution is -2.32. The Bertz CT molecular complexity index is 1200. The second-order valence-electron chi connectivity index (χ2n) is 9.26. The fourth-order valence-corrected chi connectivity index (χ4v) is 5.16. The van der Waals surface area contributed by atoms with Crippen molar-refractivity contribution in [3.63, 3.8) is 0 Å². The molecule has 2 aromatic heterocycles. The van der Waals surface area contributed by atoms with Gasteiger partial charge in [-0.3, -0.25) is 9.51 Å². The summed E-state index contributed by atoms with van der Waals surface area (Å²) in [5.74, 6) is -0.792. The van der Waals surface area contributed by atoms with Crippen LogP contribution in [0.15, 0.2) is 33.6 Å². The van der Waals surface area contributed by atoms with Gasteiger partial charge in [-0.25, -0.2) is 9.59 Å². The minimum Gasteiger partial charge on any atom is -0.477 e. The number of aromatic carboxylic acids is 1. The number of nitrogens with zero attached hydrogens (tertiary/aromatic N) is 2. The molecule has 0 bridgehead atoms. The number of aromatic nitrogens is 3. The summed E-state index contributed by atoms with van der Waals surface area (Å²) >= 11 is 0. The third-order valence-corrected chi connectivity index (χ3v) is 6.74. The van der Waals surface area contributed by atoms with E-state index in [0.717, 1.165) is 30.4 Å². The number of aromatic amines is 1. The molecule has 30 heavy (non-hydrogen) atoms. The number of carboxylic acids is 1. The molecule has 1 saturated heterocycles. The van der Waals surface area contributed by atoms with Gasteiger partial charge in [0.15, 0.2) is 5.82 Å². The van der Waals surface area contributed by atoms with Crippen molar-refractivity contribution < 1.29 is 19.2 Å². The smallest absolute Gasteiger partial charge is 0.438 e. The summed E-state index contributed by atoms with van der Waals surface area (Å²) in [5, 5.41) is 14.7. The Balaban J connectivity index is 1.65. The van der Waals surface area contributed by atoms with E-state index in [-0.39, 0.29) is 17.2 Å². The third kappa shape index (κ3) is 2.81. The van der Waals surface area contributed by atoms with E-state index in [9.17, 15) is 14.7 Å². The van der Waals surface area contributed by atoms with Crippen LogP contribution in [0.1, 0.15) is 67.8 Å². The first kappa shape index (κ1) is 19.1. The maximum absolute atomic E-state index is 12.1. The zero-order chi connectivity index (χ0) is 21.3. The highest BCUT2D eigenvalue weighted by molar-refractivity contribution is 5.95. The van der Waals surface area contributed by atoms with Crippen LogP contribution in [0, 0.1) is 5.92 Å². The quantitative estimate of drug-likeness (QED) is 0.680. The van der Waals surface area contributed by atoms with E-state index in [2.05, 4.69) is 36.1 Å². The lowest BCUT2D eigenvalue weighted by atomic mass is 9.83. The minimum absolute atomic E-state index is 0.114. The number of carboxylic acid groups (broad SMARTS) is 1. The molecule has 1 saturated carbocycles. The van der Waals surface area contributed by atoms with Crippen LogP contribution in [0.2, 0.25) is 0 Å². The fourth-order valence-electron chi connectivity index (χ4n) is 5.16. The number of hydrogen-bond donors (Lipinski definition) is 2. The predicted octanol–water partition coefficient (Wildman–Crippen LogP) is 3.47. The van der Waals surface area contributed by atoms with Crippen LogP contribution in [0.4, 0.5) is 0 Å². The summed E-state index contributed by atoms with van der Waals surface area (Å²) in [4.78, 5) is 26.3. The average molecular weight is 411 g/mol. The maximum atomic E-state index is 12.1. The Kier molecular flexibility index (Phi) is 4.02. The second kappa shape index (κ2) is 6.31. The molecule has 3 atom stereocenters. The number of H-pyrrole nitrogens is 1. The molecule has 3 heterocycles. The minimum atomic E-state index is -1.01. The number of carbonyl (C=O) groups is 1.